The molecular formula is C17H15N3O3S2. The van der Waals surface area contributed by atoms with Crippen LogP contribution in [0.3, 0.4) is 0 Å². The number of hydrogen-bond donors (Lipinski definition) is 1. The van der Waals surface area contributed by atoms with E-state index in [2.05, 4.69) is 15.3 Å². The second-order valence-electron chi connectivity index (χ2n) is 5.51. The summed E-state index contributed by atoms with van der Waals surface area (Å²) >= 11 is 2.99. The number of carbonyl (C=O) groups is 1. The van der Waals surface area contributed by atoms with E-state index >= 15 is 0 Å². The van der Waals surface area contributed by atoms with Crippen molar-refractivity contribution in [1.29, 1.82) is 0 Å². The van der Waals surface area contributed by atoms with E-state index < -0.39 is 0 Å². The van der Waals surface area contributed by atoms with E-state index in [1.807, 2.05) is 36.6 Å². The van der Waals surface area contributed by atoms with E-state index in [9.17, 15) is 4.79 Å². The van der Waals surface area contributed by atoms with E-state index in [0.717, 1.165) is 26.6 Å². The fraction of sp³-hybridized carbons (Fsp3) is 0.235. The van der Waals surface area contributed by atoms with Gasteiger partial charge in [0, 0.05) is 5.39 Å². The van der Waals surface area contributed by atoms with Gasteiger partial charge in [-0.1, -0.05) is 17.8 Å². The van der Waals surface area contributed by atoms with E-state index in [1.54, 1.807) is 11.3 Å². The van der Waals surface area contributed by atoms with Crippen LogP contribution in [0.5, 0.6) is 11.5 Å². The van der Waals surface area contributed by atoms with Gasteiger partial charge < -0.3 is 14.8 Å². The zero-order chi connectivity index (χ0) is 17.2. The molecule has 1 aliphatic rings. The van der Waals surface area contributed by atoms with Crippen molar-refractivity contribution in [3.8, 4) is 11.5 Å². The van der Waals surface area contributed by atoms with Gasteiger partial charge in [0.05, 0.1) is 11.8 Å². The minimum absolute atomic E-state index is 0.0443. The number of carbonyl (C=O) groups excluding carboxylic acids is 1. The lowest BCUT2D eigenvalue weighted by Gasteiger charge is -2.14. The predicted molar refractivity (Wildman–Crippen MR) is 97.3 cm³/mol. The number of fused-ring (bicyclic) bond motifs is 2. The summed E-state index contributed by atoms with van der Waals surface area (Å²) in [4.78, 5) is 21.7. The van der Waals surface area contributed by atoms with Gasteiger partial charge in [-0.3, -0.25) is 4.79 Å². The van der Waals surface area contributed by atoms with Crippen molar-refractivity contribution in [2.75, 3.05) is 12.5 Å². The highest BCUT2D eigenvalue weighted by molar-refractivity contribution is 8.00. The van der Waals surface area contributed by atoms with Crippen molar-refractivity contribution in [1.82, 2.24) is 15.3 Å². The molecule has 6 nitrogen and oxygen atoms in total. The van der Waals surface area contributed by atoms with Crippen LogP contribution >= 0.6 is 23.1 Å². The van der Waals surface area contributed by atoms with Crippen LogP contribution in [0.2, 0.25) is 0 Å². The number of rotatable bonds is 5. The smallest absolute Gasteiger partial charge is 0.231 e. The molecule has 3 heterocycles. The highest BCUT2D eigenvalue weighted by Crippen LogP contribution is 2.34. The molecule has 8 heteroatoms. The summed E-state index contributed by atoms with van der Waals surface area (Å²) in [6.45, 7) is 2.19. The Balaban J connectivity index is 1.38. The van der Waals surface area contributed by atoms with E-state index in [1.165, 1.54) is 18.1 Å². The average Bonchev–Trinajstić information content (AvgIpc) is 3.28. The largest absolute Gasteiger partial charge is 0.454 e. The highest BCUT2D eigenvalue weighted by Gasteiger charge is 2.17. The summed E-state index contributed by atoms with van der Waals surface area (Å²) in [7, 11) is 0. The van der Waals surface area contributed by atoms with Crippen LogP contribution in [0, 0.1) is 0 Å². The van der Waals surface area contributed by atoms with Crippen molar-refractivity contribution in [3.05, 3.63) is 41.5 Å². The Morgan fingerprint density at radius 2 is 2.20 bits per heavy atom. The molecule has 0 fully saturated rings. The molecule has 1 unspecified atom stereocenters. The summed E-state index contributed by atoms with van der Waals surface area (Å²) in [5.41, 5.74) is 0.977. The van der Waals surface area contributed by atoms with E-state index in [-0.39, 0.29) is 18.7 Å². The molecule has 2 aromatic heterocycles. The van der Waals surface area contributed by atoms with Crippen molar-refractivity contribution >= 4 is 39.2 Å². The van der Waals surface area contributed by atoms with Crippen LogP contribution in [0.25, 0.3) is 10.2 Å². The standard InChI is InChI=1S/C17H15N3O3S2/c1-10(11-2-3-13-14(6-11)23-9-22-13)20-15(21)7-25-17-12-4-5-24-16(12)18-8-19-17/h2-6,8,10H,7,9H2,1H3,(H,20,21). The van der Waals surface area contributed by atoms with Crippen molar-refractivity contribution in [3.63, 3.8) is 0 Å². The Labute approximate surface area is 152 Å². The number of nitrogens with zero attached hydrogens (tertiary/aromatic N) is 2. The van der Waals surface area contributed by atoms with Crippen molar-refractivity contribution in [2.24, 2.45) is 0 Å². The summed E-state index contributed by atoms with van der Waals surface area (Å²) in [5.74, 6) is 1.71. The molecule has 25 heavy (non-hydrogen) atoms. The highest BCUT2D eigenvalue weighted by atomic mass is 32.2. The molecule has 0 saturated heterocycles. The third-order valence-corrected chi connectivity index (χ3v) is 5.67. The monoisotopic (exact) mass is 373 g/mol. The summed E-state index contributed by atoms with van der Waals surface area (Å²) < 4.78 is 10.7. The molecule has 1 aromatic carbocycles. The van der Waals surface area contributed by atoms with E-state index in [0.29, 0.717) is 11.5 Å². The normalized spacial score (nSPS) is 13.8. The molecule has 0 aliphatic carbocycles. The molecule has 0 bridgehead atoms. The third-order valence-electron chi connectivity index (χ3n) is 3.84. The first-order valence-electron chi connectivity index (χ1n) is 7.70. The molecule has 0 saturated carbocycles. The van der Waals surface area contributed by atoms with Crippen LogP contribution in [-0.4, -0.2) is 28.4 Å². The number of amides is 1. The zero-order valence-corrected chi connectivity index (χ0v) is 15.0. The zero-order valence-electron chi connectivity index (χ0n) is 13.4. The van der Waals surface area contributed by atoms with Gasteiger partial charge in [0.1, 0.15) is 16.2 Å². The van der Waals surface area contributed by atoms with Crippen LogP contribution in [0.1, 0.15) is 18.5 Å². The molecule has 3 aromatic rings. The minimum atomic E-state index is -0.117. The third kappa shape index (κ3) is 3.40. The lowest BCUT2D eigenvalue weighted by Crippen LogP contribution is -2.28. The number of nitrogens with one attached hydrogen (secondary N) is 1. The summed E-state index contributed by atoms with van der Waals surface area (Å²) in [5, 5.41) is 6.81. The maximum Gasteiger partial charge on any atom is 0.231 e. The Hall–Kier alpha value is -2.32. The molecule has 128 valence electrons. The van der Waals surface area contributed by atoms with Gasteiger partial charge in [0.2, 0.25) is 12.7 Å². The van der Waals surface area contributed by atoms with E-state index in [4.69, 9.17) is 9.47 Å². The second kappa shape index (κ2) is 6.89. The maximum absolute atomic E-state index is 12.3. The number of hydrogen-bond acceptors (Lipinski definition) is 7. The maximum atomic E-state index is 12.3. The van der Waals surface area contributed by atoms with Gasteiger partial charge in [-0.05, 0) is 36.1 Å². The Kier molecular flexibility index (Phi) is 4.46. The SMILES string of the molecule is CC(NC(=O)CSc1ncnc2sccc12)c1ccc2c(c1)OCO2. The predicted octanol–water partition coefficient (Wildman–Crippen LogP) is 3.39. The lowest BCUT2D eigenvalue weighted by molar-refractivity contribution is -0.119. The quantitative estimate of drug-likeness (QED) is 0.546. The van der Waals surface area contributed by atoms with Gasteiger partial charge in [-0.25, -0.2) is 9.97 Å². The second-order valence-corrected chi connectivity index (χ2v) is 7.37. The Morgan fingerprint density at radius 3 is 3.12 bits per heavy atom. The molecular weight excluding hydrogens is 358 g/mol. The number of thioether (sulfide) groups is 1. The molecule has 1 amide bonds. The van der Waals surface area contributed by atoms with Gasteiger partial charge >= 0.3 is 0 Å². The van der Waals surface area contributed by atoms with Gasteiger partial charge in [0.15, 0.2) is 11.5 Å². The van der Waals surface area contributed by atoms with Crippen LogP contribution < -0.4 is 14.8 Å². The number of benzene rings is 1. The Morgan fingerprint density at radius 1 is 1.32 bits per heavy atom. The van der Waals surface area contributed by atoms with Crippen LogP contribution in [0.4, 0.5) is 0 Å². The van der Waals surface area contributed by atoms with Crippen molar-refractivity contribution < 1.29 is 14.3 Å². The summed E-state index contributed by atoms with van der Waals surface area (Å²) in [6, 6.07) is 7.57. The molecule has 1 aliphatic heterocycles. The Bertz CT molecular complexity index is 928. The lowest BCUT2D eigenvalue weighted by atomic mass is 10.1. The number of aromatic nitrogens is 2. The molecule has 0 spiro atoms. The fourth-order valence-corrected chi connectivity index (χ4v) is 4.16. The first-order valence-corrected chi connectivity index (χ1v) is 9.57. The van der Waals surface area contributed by atoms with Crippen molar-refractivity contribution in [2.45, 2.75) is 18.0 Å². The molecule has 1 atom stereocenters. The molecule has 1 N–H and O–H groups in total. The number of ether oxygens (including phenoxy) is 2. The fourth-order valence-electron chi connectivity index (χ4n) is 2.57. The first kappa shape index (κ1) is 16.2. The first-order chi connectivity index (χ1) is 12.2. The number of thiophene rings is 1. The molecule has 4 rings (SSSR count). The van der Waals surface area contributed by atoms with Gasteiger partial charge in [-0.2, -0.15) is 0 Å². The van der Waals surface area contributed by atoms with Gasteiger partial charge in [0.25, 0.3) is 0 Å². The average molecular weight is 373 g/mol. The van der Waals surface area contributed by atoms with Gasteiger partial charge in [-0.15, -0.1) is 11.3 Å². The molecule has 0 radical (unpaired) electrons. The topological polar surface area (TPSA) is 73.3 Å². The van der Waals surface area contributed by atoms with Crippen LogP contribution in [-0.2, 0) is 4.79 Å². The minimum Gasteiger partial charge on any atom is -0.454 e. The summed E-state index contributed by atoms with van der Waals surface area (Å²) in [6.07, 6.45) is 1.54. The van der Waals surface area contributed by atoms with Crippen LogP contribution in [0.15, 0.2) is 41.0 Å².